The van der Waals surface area contributed by atoms with Gasteiger partial charge in [0.05, 0.1) is 4.90 Å². The molecule has 2 aromatic carbocycles. The van der Waals surface area contributed by atoms with E-state index < -0.39 is 10.0 Å². The number of nitrogens with zero attached hydrogens (tertiary/aromatic N) is 2. The van der Waals surface area contributed by atoms with Gasteiger partial charge in [-0.15, -0.1) is 0 Å². The second-order valence-electron chi connectivity index (χ2n) is 8.19. The van der Waals surface area contributed by atoms with Crippen molar-refractivity contribution in [3.63, 3.8) is 0 Å². The highest BCUT2D eigenvalue weighted by Crippen LogP contribution is 2.24. The Balaban J connectivity index is 1.50. The molecule has 7 heteroatoms. The Hall–Kier alpha value is -2.64. The van der Waals surface area contributed by atoms with Crippen molar-refractivity contribution in [3.8, 4) is 0 Å². The van der Waals surface area contributed by atoms with Crippen molar-refractivity contribution in [3.05, 3.63) is 64.3 Å². The van der Waals surface area contributed by atoms with Gasteiger partial charge < -0.3 is 9.88 Å². The van der Waals surface area contributed by atoms with Gasteiger partial charge in [0, 0.05) is 37.1 Å². The van der Waals surface area contributed by atoms with Crippen LogP contribution in [0.3, 0.4) is 0 Å². The molecule has 30 heavy (non-hydrogen) atoms. The molecule has 2 heterocycles. The van der Waals surface area contributed by atoms with Gasteiger partial charge >= 0.3 is 0 Å². The lowest BCUT2D eigenvalue weighted by atomic mass is 10.1. The van der Waals surface area contributed by atoms with E-state index >= 15 is 0 Å². The summed E-state index contributed by atoms with van der Waals surface area (Å²) in [6.45, 7) is 9.16. The van der Waals surface area contributed by atoms with Crippen molar-refractivity contribution in [2.45, 2.75) is 32.6 Å². The lowest BCUT2D eigenvalue weighted by Crippen LogP contribution is -2.50. The third-order valence-electron chi connectivity index (χ3n) is 5.79. The number of carbonyl (C=O) groups excluding carboxylic acids is 1. The van der Waals surface area contributed by atoms with E-state index in [9.17, 15) is 13.2 Å². The number of fused-ring (bicyclic) bond motifs is 1. The number of amides is 1. The maximum atomic E-state index is 13.1. The Bertz CT molecular complexity index is 1240. The van der Waals surface area contributed by atoms with Crippen LogP contribution in [0, 0.1) is 27.7 Å². The summed E-state index contributed by atoms with van der Waals surface area (Å²) in [6.07, 6.45) is 0. The van der Waals surface area contributed by atoms with E-state index in [4.69, 9.17) is 0 Å². The van der Waals surface area contributed by atoms with Gasteiger partial charge in [-0.2, -0.15) is 4.31 Å². The van der Waals surface area contributed by atoms with E-state index in [0.717, 1.165) is 33.2 Å². The molecule has 0 bridgehead atoms. The summed E-state index contributed by atoms with van der Waals surface area (Å²) in [7, 11) is -3.57. The Labute approximate surface area is 177 Å². The smallest absolute Gasteiger partial charge is 0.270 e. The van der Waals surface area contributed by atoms with Crippen LogP contribution in [0.4, 0.5) is 0 Å². The molecular weight excluding hydrogens is 398 g/mol. The highest BCUT2D eigenvalue weighted by molar-refractivity contribution is 7.89. The molecule has 6 nitrogen and oxygen atoms in total. The molecule has 0 atom stereocenters. The number of rotatable bonds is 3. The van der Waals surface area contributed by atoms with E-state index in [-0.39, 0.29) is 5.91 Å². The van der Waals surface area contributed by atoms with Crippen LogP contribution in [0.5, 0.6) is 0 Å². The molecule has 158 valence electrons. The number of aromatic amines is 1. The summed E-state index contributed by atoms with van der Waals surface area (Å²) in [4.78, 5) is 18.3. The number of nitrogens with one attached hydrogen (secondary N) is 1. The molecule has 1 saturated heterocycles. The average molecular weight is 426 g/mol. The van der Waals surface area contributed by atoms with E-state index in [2.05, 4.69) is 11.1 Å². The fourth-order valence-electron chi connectivity index (χ4n) is 4.24. The highest BCUT2D eigenvalue weighted by Gasteiger charge is 2.31. The zero-order valence-electron chi connectivity index (χ0n) is 17.8. The van der Waals surface area contributed by atoms with E-state index in [1.54, 1.807) is 11.0 Å². The Morgan fingerprint density at radius 3 is 2.20 bits per heavy atom. The highest BCUT2D eigenvalue weighted by atomic mass is 32.2. The summed E-state index contributed by atoms with van der Waals surface area (Å²) in [5.74, 6) is -0.0909. The fraction of sp³-hybridized carbons (Fsp3) is 0.348. The van der Waals surface area contributed by atoms with Gasteiger partial charge in [-0.25, -0.2) is 8.42 Å². The quantitative estimate of drug-likeness (QED) is 0.697. The average Bonchev–Trinajstić information content (AvgIpc) is 3.11. The molecule has 1 fully saturated rings. The van der Waals surface area contributed by atoms with E-state index in [1.807, 2.05) is 52.0 Å². The molecular formula is C23H27N3O3S. The van der Waals surface area contributed by atoms with Gasteiger partial charge in [0.1, 0.15) is 5.69 Å². The summed E-state index contributed by atoms with van der Waals surface area (Å²) < 4.78 is 27.6. The number of aryl methyl sites for hydroxylation is 4. The monoisotopic (exact) mass is 425 g/mol. The van der Waals surface area contributed by atoms with Crippen LogP contribution in [0.1, 0.15) is 32.7 Å². The van der Waals surface area contributed by atoms with Crippen molar-refractivity contribution in [2.75, 3.05) is 26.2 Å². The molecule has 1 amide bonds. The lowest BCUT2D eigenvalue weighted by Gasteiger charge is -2.34. The molecule has 0 radical (unpaired) electrons. The van der Waals surface area contributed by atoms with Gasteiger partial charge in [0.2, 0.25) is 10.0 Å². The van der Waals surface area contributed by atoms with Gasteiger partial charge in [-0.3, -0.25) is 4.79 Å². The predicted molar refractivity (Wildman–Crippen MR) is 118 cm³/mol. The first-order chi connectivity index (χ1) is 14.2. The summed E-state index contributed by atoms with van der Waals surface area (Å²) in [5.41, 5.74) is 5.55. The Morgan fingerprint density at radius 2 is 1.53 bits per heavy atom. The number of benzene rings is 2. The molecule has 1 N–H and O–H groups in total. The van der Waals surface area contributed by atoms with Crippen LogP contribution in [0.2, 0.25) is 0 Å². The molecule has 0 spiro atoms. The number of carbonyl (C=O) groups is 1. The Morgan fingerprint density at radius 1 is 0.867 bits per heavy atom. The molecule has 0 aliphatic carbocycles. The second kappa shape index (κ2) is 7.56. The zero-order chi connectivity index (χ0) is 21.6. The normalized spacial score (nSPS) is 15.7. The van der Waals surface area contributed by atoms with Crippen LogP contribution in [0.25, 0.3) is 10.9 Å². The molecule has 3 aromatic rings. The maximum absolute atomic E-state index is 13.1. The zero-order valence-corrected chi connectivity index (χ0v) is 18.6. The number of hydrogen-bond donors (Lipinski definition) is 1. The van der Waals surface area contributed by atoms with Crippen molar-refractivity contribution in [1.82, 2.24) is 14.2 Å². The van der Waals surface area contributed by atoms with Crippen LogP contribution >= 0.6 is 0 Å². The van der Waals surface area contributed by atoms with Crippen molar-refractivity contribution in [2.24, 2.45) is 0 Å². The largest absolute Gasteiger partial charge is 0.351 e. The van der Waals surface area contributed by atoms with Crippen molar-refractivity contribution < 1.29 is 13.2 Å². The lowest BCUT2D eigenvalue weighted by molar-refractivity contribution is 0.0693. The fourth-order valence-corrected chi connectivity index (χ4v) is 5.87. The SMILES string of the molecule is Cc1ccc(S(=O)(=O)N2CCN(C(=O)c3cc4c(C)cc(C)cc4[nH]3)CC2)c(C)c1. The summed E-state index contributed by atoms with van der Waals surface area (Å²) in [6, 6.07) is 11.4. The van der Waals surface area contributed by atoms with Crippen LogP contribution in [0.15, 0.2) is 41.3 Å². The van der Waals surface area contributed by atoms with E-state index in [1.165, 1.54) is 4.31 Å². The number of piperazine rings is 1. The standard InChI is InChI=1S/C23H27N3O3S/c1-15-5-6-22(18(4)11-15)30(28,29)26-9-7-25(8-10-26)23(27)21-14-19-17(3)12-16(2)13-20(19)24-21/h5-6,11-14,24H,7-10H2,1-4H3. The Kier molecular flexibility index (Phi) is 5.20. The summed E-state index contributed by atoms with van der Waals surface area (Å²) in [5, 5.41) is 1.04. The maximum Gasteiger partial charge on any atom is 0.270 e. The van der Waals surface area contributed by atoms with Gasteiger partial charge in [0.25, 0.3) is 5.91 Å². The minimum absolute atomic E-state index is 0.0909. The predicted octanol–water partition coefficient (Wildman–Crippen LogP) is 3.55. The van der Waals surface area contributed by atoms with Gasteiger partial charge in [0.15, 0.2) is 0 Å². The molecule has 0 unspecified atom stereocenters. The number of sulfonamides is 1. The number of aromatic nitrogens is 1. The van der Waals surface area contributed by atoms with Crippen molar-refractivity contribution >= 4 is 26.8 Å². The third-order valence-corrected chi connectivity index (χ3v) is 7.85. The van der Waals surface area contributed by atoms with Crippen LogP contribution < -0.4 is 0 Å². The topological polar surface area (TPSA) is 73.5 Å². The summed E-state index contributed by atoms with van der Waals surface area (Å²) >= 11 is 0. The molecule has 1 aliphatic rings. The van der Waals surface area contributed by atoms with Gasteiger partial charge in [-0.1, -0.05) is 23.8 Å². The second-order valence-corrected chi connectivity index (χ2v) is 10.1. The molecule has 4 rings (SSSR count). The van der Waals surface area contributed by atoms with Crippen LogP contribution in [-0.4, -0.2) is 54.7 Å². The van der Waals surface area contributed by atoms with Crippen molar-refractivity contribution in [1.29, 1.82) is 0 Å². The third kappa shape index (κ3) is 3.63. The number of H-pyrrole nitrogens is 1. The minimum atomic E-state index is -3.57. The number of hydrogen-bond acceptors (Lipinski definition) is 3. The molecule has 1 aliphatic heterocycles. The first-order valence-electron chi connectivity index (χ1n) is 10.1. The first-order valence-corrected chi connectivity index (χ1v) is 11.6. The first kappa shape index (κ1) is 20.6. The minimum Gasteiger partial charge on any atom is -0.351 e. The molecule has 0 saturated carbocycles. The van der Waals surface area contributed by atoms with Gasteiger partial charge in [-0.05, 0) is 62.6 Å². The van der Waals surface area contributed by atoms with E-state index in [0.29, 0.717) is 36.8 Å². The van der Waals surface area contributed by atoms with Crippen LogP contribution in [-0.2, 0) is 10.0 Å². The molecule has 1 aromatic heterocycles.